The van der Waals surface area contributed by atoms with Crippen LogP contribution in [0, 0.1) is 0 Å². The molecule has 3 aromatic rings. The fourth-order valence-electron chi connectivity index (χ4n) is 2.37. The van der Waals surface area contributed by atoms with Crippen LogP contribution in [-0.2, 0) is 4.74 Å². The van der Waals surface area contributed by atoms with Crippen molar-refractivity contribution in [3.63, 3.8) is 0 Å². The zero-order valence-electron chi connectivity index (χ0n) is 11.0. The SMILES string of the molecule is COC(c1ccccc1)c1n[nH]c(=O)c2ccccc12. The van der Waals surface area contributed by atoms with Crippen molar-refractivity contribution in [2.24, 2.45) is 0 Å². The Morgan fingerprint density at radius 2 is 1.65 bits per heavy atom. The zero-order chi connectivity index (χ0) is 13.9. The second-order valence-corrected chi connectivity index (χ2v) is 4.51. The largest absolute Gasteiger partial charge is 0.370 e. The summed E-state index contributed by atoms with van der Waals surface area (Å²) in [6.45, 7) is 0. The first-order valence-corrected chi connectivity index (χ1v) is 6.36. The maximum atomic E-state index is 11.8. The predicted octanol–water partition coefficient (Wildman–Crippen LogP) is 2.66. The summed E-state index contributed by atoms with van der Waals surface area (Å²) in [6.07, 6.45) is -0.307. The molecule has 0 fully saturated rings. The van der Waals surface area contributed by atoms with Crippen LogP contribution in [0.3, 0.4) is 0 Å². The Hall–Kier alpha value is -2.46. The zero-order valence-corrected chi connectivity index (χ0v) is 11.0. The van der Waals surface area contributed by atoms with Gasteiger partial charge in [0.15, 0.2) is 0 Å². The number of nitrogens with zero attached hydrogens (tertiary/aromatic N) is 1. The minimum absolute atomic E-state index is 0.188. The molecule has 0 aliphatic rings. The molecule has 0 aliphatic heterocycles. The molecule has 0 radical (unpaired) electrons. The second kappa shape index (κ2) is 5.27. The van der Waals surface area contributed by atoms with Crippen molar-refractivity contribution in [1.82, 2.24) is 10.2 Å². The van der Waals surface area contributed by atoms with E-state index in [1.807, 2.05) is 48.5 Å². The molecule has 1 atom stereocenters. The molecular weight excluding hydrogens is 252 g/mol. The lowest BCUT2D eigenvalue weighted by Gasteiger charge is -2.16. The molecule has 100 valence electrons. The van der Waals surface area contributed by atoms with Crippen molar-refractivity contribution in [3.8, 4) is 0 Å². The highest BCUT2D eigenvalue weighted by Crippen LogP contribution is 2.27. The molecule has 1 heterocycles. The molecule has 0 saturated carbocycles. The van der Waals surface area contributed by atoms with Crippen molar-refractivity contribution in [2.75, 3.05) is 7.11 Å². The van der Waals surface area contributed by atoms with Crippen molar-refractivity contribution < 1.29 is 4.74 Å². The Balaban J connectivity index is 2.23. The van der Waals surface area contributed by atoms with Gasteiger partial charge in [-0.25, -0.2) is 5.10 Å². The Kier molecular flexibility index (Phi) is 3.31. The molecule has 4 nitrogen and oxygen atoms in total. The van der Waals surface area contributed by atoms with Crippen molar-refractivity contribution in [1.29, 1.82) is 0 Å². The third-order valence-corrected chi connectivity index (χ3v) is 3.31. The lowest BCUT2D eigenvalue weighted by atomic mass is 10.0. The smallest absolute Gasteiger partial charge is 0.272 e. The van der Waals surface area contributed by atoms with E-state index in [1.54, 1.807) is 13.2 Å². The van der Waals surface area contributed by atoms with E-state index in [0.29, 0.717) is 11.1 Å². The molecule has 0 aliphatic carbocycles. The van der Waals surface area contributed by atoms with Gasteiger partial charge in [-0.3, -0.25) is 4.79 Å². The molecule has 4 heteroatoms. The number of ether oxygens (including phenoxy) is 1. The number of nitrogens with one attached hydrogen (secondary N) is 1. The van der Waals surface area contributed by atoms with Gasteiger partial charge in [-0.15, -0.1) is 0 Å². The first-order chi connectivity index (χ1) is 9.81. The van der Waals surface area contributed by atoms with E-state index in [-0.39, 0.29) is 11.7 Å². The van der Waals surface area contributed by atoms with Gasteiger partial charge < -0.3 is 4.74 Å². The molecule has 0 saturated heterocycles. The van der Waals surface area contributed by atoms with Crippen molar-refractivity contribution >= 4 is 10.8 Å². The molecule has 3 rings (SSSR count). The summed E-state index contributed by atoms with van der Waals surface area (Å²) >= 11 is 0. The first-order valence-electron chi connectivity index (χ1n) is 6.36. The van der Waals surface area contributed by atoms with Crippen LogP contribution in [0.25, 0.3) is 10.8 Å². The monoisotopic (exact) mass is 266 g/mol. The molecule has 1 N–H and O–H groups in total. The normalized spacial score (nSPS) is 12.4. The number of aromatic nitrogens is 2. The van der Waals surface area contributed by atoms with E-state index in [2.05, 4.69) is 10.2 Å². The standard InChI is InChI=1S/C16H14N2O2/c1-20-15(11-7-3-2-4-8-11)14-12-9-5-6-10-13(12)16(19)18-17-14/h2-10,15H,1H3,(H,18,19). The van der Waals surface area contributed by atoms with E-state index < -0.39 is 0 Å². The van der Waals surface area contributed by atoms with Gasteiger partial charge in [-0.05, 0) is 11.6 Å². The van der Waals surface area contributed by atoms with Crippen molar-refractivity contribution in [2.45, 2.75) is 6.10 Å². The highest BCUT2D eigenvalue weighted by Gasteiger charge is 2.18. The number of benzene rings is 2. The van der Waals surface area contributed by atoms with E-state index in [1.165, 1.54) is 0 Å². The van der Waals surface area contributed by atoms with Crippen LogP contribution in [0.1, 0.15) is 17.4 Å². The highest BCUT2D eigenvalue weighted by atomic mass is 16.5. The number of methoxy groups -OCH3 is 1. The number of hydrogen-bond donors (Lipinski definition) is 1. The Morgan fingerprint density at radius 3 is 2.35 bits per heavy atom. The fourth-order valence-corrected chi connectivity index (χ4v) is 2.37. The van der Waals surface area contributed by atoms with Gasteiger partial charge >= 0.3 is 0 Å². The predicted molar refractivity (Wildman–Crippen MR) is 77.7 cm³/mol. The lowest BCUT2D eigenvalue weighted by molar-refractivity contribution is 0.133. The summed E-state index contributed by atoms with van der Waals surface area (Å²) in [5, 5.41) is 8.17. The molecule has 2 aromatic carbocycles. The molecule has 0 spiro atoms. The van der Waals surface area contributed by atoms with Gasteiger partial charge in [0.1, 0.15) is 11.8 Å². The summed E-state index contributed by atoms with van der Waals surface area (Å²) in [5.74, 6) is 0. The third kappa shape index (κ3) is 2.10. The Bertz CT molecular complexity index is 781. The number of fused-ring (bicyclic) bond motifs is 1. The van der Waals surface area contributed by atoms with Crippen LogP contribution >= 0.6 is 0 Å². The average molecular weight is 266 g/mol. The number of hydrogen-bond acceptors (Lipinski definition) is 3. The average Bonchev–Trinajstić information content (AvgIpc) is 2.52. The molecule has 1 unspecified atom stereocenters. The minimum Gasteiger partial charge on any atom is -0.370 e. The van der Waals surface area contributed by atoms with E-state index in [0.717, 1.165) is 10.9 Å². The maximum absolute atomic E-state index is 11.8. The number of H-pyrrole nitrogens is 1. The lowest BCUT2D eigenvalue weighted by Crippen LogP contribution is -2.15. The van der Waals surface area contributed by atoms with Crippen LogP contribution in [0.2, 0.25) is 0 Å². The van der Waals surface area contributed by atoms with Crippen LogP contribution in [0.4, 0.5) is 0 Å². The van der Waals surface area contributed by atoms with Gasteiger partial charge in [-0.2, -0.15) is 5.10 Å². The van der Waals surface area contributed by atoms with Crippen LogP contribution in [0.15, 0.2) is 59.4 Å². The van der Waals surface area contributed by atoms with Gasteiger partial charge in [0.25, 0.3) is 5.56 Å². The van der Waals surface area contributed by atoms with Crippen LogP contribution in [-0.4, -0.2) is 17.3 Å². The highest BCUT2D eigenvalue weighted by molar-refractivity contribution is 5.84. The summed E-state index contributed by atoms with van der Waals surface area (Å²) in [4.78, 5) is 11.8. The fraction of sp³-hybridized carbons (Fsp3) is 0.125. The molecular formula is C16H14N2O2. The van der Waals surface area contributed by atoms with Gasteiger partial charge in [-0.1, -0.05) is 48.5 Å². The van der Waals surface area contributed by atoms with Gasteiger partial charge in [0.2, 0.25) is 0 Å². The first kappa shape index (κ1) is 12.6. The molecule has 0 amide bonds. The van der Waals surface area contributed by atoms with E-state index in [9.17, 15) is 4.79 Å². The Morgan fingerprint density at radius 1 is 1.00 bits per heavy atom. The summed E-state index contributed by atoms with van der Waals surface area (Å²) in [7, 11) is 1.64. The summed E-state index contributed by atoms with van der Waals surface area (Å²) in [5.41, 5.74) is 1.53. The topological polar surface area (TPSA) is 55.0 Å². The summed E-state index contributed by atoms with van der Waals surface area (Å²) in [6, 6.07) is 17.2. The van der Waals surface area contributed by atoms with E-state index in [4.69, 9.17) is 4.74 Å². The number of rotatable bonds is 3. The summed E-state index contributed by atoms with van der Waals surface area (Å²) < 4.78 is 5.59. The quantitative estimate of drug-likeness (QED) is 0.793. The third-order valence-electron chi connectivity index (χ3n) is 3.31. The molecule has 20 heavy (non-hydrogen) atoms. The minimum atomic E-state index is -0.307. The second-order valence-electron chi connectivity index (χ2n) is 4.51. The van der Waals surface area contributed by atoms with Crippen molar-refractivity contribution in [3.05, 3.63) is 76.2 Å². The van der Waals surface area contributed by atoms with E-state index >= 15 is 0 Å². The Labute approximate surface area is 116 Å². The van der Waals surface area contributed by atoms with Gasteiger partial charge in [0, 0.05) is 12.5 Å². The maximum Gasteiger partial charge on any atom is 0.272 e. The van der Waals surface area contributed by atoms with Gasteiger partial charge in [0.05, 0.1) is 5.39 Å². The molecule has 0 bridgehead atoms. The number of aromatic amines is 1. The van der Waals surface area contributed by atoms with Crippen LogP contribution < -0.4 is 5.56 Å². The van der Waals surface area contributed by atoms with Crippen LogP contribution in [0.5, 0.6) is 0 Å². The molecule has 1 aromatic heterocycles.